The number of benzene rings is 2. The predicted molar refractivity (Wildman–Crippen MR) is 99.6 cm³/mol. The number of rotatable bonds is 7. The van der Waals surface area contributed by atoms with E-state index < -0.39 is 0 Å². The molecule has 0 aliphatic rings. The van der Waals surface area contributed by atoms with Gasteiger partial charge in [-0.25, -0.2) is 0 Å². The third-order valence-corrected chi connectivity index (χ3v) is 3.48. The molecule has 0 aliphatic carbocycles. The molecule has 0 N–H and O–H groups in total. The summed E-state index contributed by atoms with van der Waals surface area (Å²) >= 11 is 0. The van der Waals surface area contributed by atoms with Crippen molar-refractivity contribution in [1.82, 2.24) is 0 Å². The van der Waals surface area contributed by atoms with Crippen molar-refractivity contribution in [2.24, 2.45) is 10.2 Å². The van der Waals surface area contributed by atoms with E-state index in [1.54, 1.807) is 0 Å². The highest BCUT2D eigenvalue weighted by molar-refractivity contribution is 6.02. The van der Waals surface area contributed by atoms with Gasteiger partial charge in [0.05, 0.1) is 24.6 Å². The van der Waals surface area contributed by atoms with E-state index >= 15 is 0 Å². The van der Waals surface area contributed by atoms with Crippen LogP contribution in [0.15, 0.2) is 58.7 Å². The summed E-state index contributed by atoms with van der Waals surface area (Å²) in [5.74, 6) is 1.68. The fraction of sp³-hybridized carbons (Fsp3) is 0.300. The van der Waals surface area contributed by atoms with Crippen molar-refractivity contribution < 1.29 is 9.47 Å². The molecule has 0 saturated carbocycles. The van der Waals surface area contributed by atoms with Crippen LogP contribution in [0.2, 0.25) is 0 Å². The molecule has 0 aliphatic heterocycles. The van der Waals surface area contributed by atoms with Gasteiger partial charge in [0.1, 0.15) is 11.5 Å². The molecule has 126 valence electrons. The molecule has 0 radical (unpaired) electrons. The Morgan fingerprint density at radius 3 is 1.54 bits per heavy atom. The maximum Gasteiger partial charge on any atom is 0.119 e. The van der Waals surface area contributed by atoms with Crippen LogP contribution in [-0.2, 0) is 0 Å². The minimum atomic E-state index is 0.646. The Kier molecular flexibility index (Phi) is 6.55. The van der Waals surface area contributed by atoms with Gasteiger partial charge in [-0.1, -0.05) is 24.3 Å². The Labute approximate surface area is 143 Å². The first kappa shape index (κ1) is 17.7. The second-order valence-electron chi connectivity index (χ2n) is 5.29. The van der Waals surface area contributed by atoms with Gasteiger partial charge in [0, 0.05) is 11.1 Å². The molecule has 2 aromatic carbocycles. The van der Waals surface area contributed by atoms with Crippen molar-refractivity contribution in [2.45, 2.75) is 27.7 Å². The summed E-state index contributed by atoms with van der Waals surface area (Å²) in [6, 6.07) is 15.8. The molecule has 2 rings (SSSR count). The fourth-order valence-corrected chi connectivity index (χ4v) is 2.22. The quantitative estimate of drug-likeness (QED) is 0.546. The minimum absolute atomic E-state index is 0.646. The van der Waals surface area contributed by atoms with Crippen LogP contribution in [0.25, 0.3) is 0 Å². The molecule has 0 heterocycles. The van der Waals surface area contributed by atoms with Crippen molar-refractivity contribution in [3.8, 4) is 11.5 Å². The summed E-state index contributed by atoms with van der Waals surface area (Å²) in [6.45, 7) is 9.12. The van der Waals surface area contributed by atoms with E-state index in [0.29, 0.717) is 13.2 Å². The largest absolute Gasteiger partial charge is 0.494 e. The van der Waals surface area contributed by atoms with E-state index in [-0.39, 0.29) is 0 Å². The standard InChI is InChI=1S/C20H24N2O2/c1-5-23-19-11-7-9-17(13-19)15(3)21-22-16(4)18-10-8-12-20(14-18)24-6-2/h7-14H,5-6H2,1-4H3/b21-15+,22-16+. The molecule has 0 spiro atoms. The van der Waals surface area contributed by atoms with E-state index in [4.69, 9.17) is 9.47 Å². The number of hydrogen-bond acceptors (Lipinski definition) is 4. The molecule has 4 nitrogen and oxygen atoms in total. The molecule has 2 aromatic rings. The van der Waals surface area contributed by atoms with E-state index in [1.807, 2.05) is 76.2 Å². The van der Waals surface area contributed by atoms with Gasteiger partial charge in [0.25, 0.3) is 0 Å². The lowest BCUT2D eigenvalue weighted by molar-refractivity contribution is 0.340. The zero-order valence-corrected chi connectivity index (χ0v) is 14.7. The highest BCUT2D eigenvalue weighted by Gasteiger charge is 2.02. The van der Waals surface area contributed by atoms with Gasteiger partial charge in [-0.15, -0.1) is 0 Å². The van der Waals surface area contributed by atoms with Crippen molar-refractivity contribution in [3.05, 3.63) is 59.7 Å². The lowest BCUT2D eigenvalue weighted by Gasteiger charge is -2.06. The molecule has 0 saturated heterocycles. The van der Waals surface area contributed by atoms with Crippen LogP contribution in [0, 0.1) is 0 Å². The van der Waals surface area contributed by atoms with Crippen LogP contribution in [-0.4, -0.2) is 24.6 Å². The zero-order valence-electron chi connectivity index (χ0n) is 14.7. The van der Waals surface area contributed by atoms with Crippen LogP contribution in [0.3, 0.4) is 0 Å². The Morgan fingerprint density at radius 2 is 1.17 bits per heavy atom. The first-order valence-electron chi connectivity index (χ1n) is 8.19. The highest BCUT2D eigenvalue weighted by atomic mass is 16.5. The lowest BCUT2D eigenvalue weighted by Crippen LogP contribution is -1.99. The molecule has 4 heteroatoms. The first-order valence-corrected chi connectivity index (χ1v) is 8.19. The lowest BCUT2D eigenvalue weighted by atomic mass is 10.1. The van der Waals surface area contributed by atoms with Gasteiger partial charge in [-0.05, 0) is 52.0 Å². The minimum Gasteiger partial charge on any atom is -0.494 e. The SMILES string of the molecule is CCOc1cccc(/C(C)=N/N=C(\C)c2cccc(OCC)c2)c1. The molecular weight excluding hydrogens is 300 g/mol. The van der Waals surface area contributed by atoms with Gasteiger partial charge in [0.15, 0.2) is 0 Å². The fourth-order valence-electron chi connectivity index (χ4n) is 2.22. The molecule has 0 bridgehead atoms. The maximum atomic E-state index is 5.52. The average Bonchev–Trinajstić information content (AvgIpc) is 2.60. The van der Waals surface area contributed by atoms with Crippen LogP contribution in [0.1, 0.15) is 38.8 Å². The molecule has 0 fully saturated rings. The van der Waals surface area contributed by atoms with Crippen LogP contribution >= 0.6 is 0 Å². The summed E-state index contributed by atoms with van der Waals surface area (Å²) in [7, 11) is 0. The highest BCUT2D eigenvalue weighted by Crippen LogP contribution is 2.16. The van der Waals surface area contributed by atoms with Gasteiger partial charge in [-0.3, -0.25) is 0 Å². The maximum absolute atomic E-state index is 5.52. The number of ether oxygens (including phenoxy) is 2. The van der Waals surface area contributed by atoms with Crippen LogP contribution in [0.4, 0.5) is 0 Å². The first-order chi connectivity index (χ1) is 11.6. The van der Waals surface area contributed by atoms with Crippen molar-refractivity contribution in [3.63, 3.8) is 0 Å². The zero-order chi connectivity index (χ0) is 17.4. The number of hydrogen-bond donors (Lipinski definition) is 0. The summed E-state index contributed by atoms with van der Waals surface area (Å²) in [6.07, 6.45) is 0. The molecule has 0 aromatic heterocycles. The second-order valence-corrected chi connectivity index (χ2v) is 5.29. The molecule has 0 amide bonds. The Balaban J connectivity index is 2.19. The van der Waals surface area contributed by atoms with Crippen molar-refractivity contribution >= 4 is 11.4 Å². The predicted octanol–water partition coefficient (Wildman–Crippen LogP) is 4.72. The van der Waals surface area contributed by atoms with Crippen LogP contribution < -0.4 is 9.47 Å². The Hall–Kier alpha value is -2.62. The molecule has 0 atom stereocenters. The van der Waals surface area contributed by atoms with Gasteiger partial charge < -0.3 is 9.47 Å². The van der Waals surface area contributed by atoms with Crippen molar-refractivity contribution in [2.75, 3.05) is 13.2 Å². The van der Waals surface area contributed by atoms with Crippen LogP contribution in [0.5, 0.6) is 11.5 Å². The molecular formula is C20H24N2O2. The average molecular weight is 324 g/mol. The summed E-state index contributed by atoms with van der Waals surface area (Å²) in [5, 5.41) is 8.71. The summed E-state index contributed by atoms with van der Waals surface area (Å²) in [5.41, 5.74) is 3.69. The Morgan fingerprint density at radius 1 is 0.750 bits per heavy atom. The third-order valence-electron chi connectivity index (χ3n) is 3.48. The van der Waals surface area contributed by atoms with Gasteiger partial charge in [-0.2, -0.15) is 10.2 Å². The third kappa shape index (κ3) is 4.95. The van der Waals surface area contributed by atoms with Gasteiger partial charge in [0.2, 0.25) is 0 Å². The second kappa shape index (κ2) is 8.87. The van der Waals surface area contributed by atoms with E-state index in [9.17, 15) is 0 Å². The molecule has 24 heavy (non-hydrogen) atoms. The normalized spacial score (nSPS) is 12.2. The smallest absolute Gasteiger partial charge is 0.119 e. The topological polar surface area (TPSA) is 43.2 Å². The van der Waals surface area contributed by atoms with E-state index in [1.165, 1.54) is 0 Å². The Bertz CT molecular complexity index is 672. The van der Waals surface area contributed by atoms with E-state index in [2.05, 4.69) is 10.2 Å². The van der Waals surface area contributed by atoms with E-state index in [0.717, 1.165) is 34.0 Å². The van der Waals surface area contributed by atoms with Crippen molar-refractivity contribution in [1.29, 1.82) is 0 Å². The monoisotopic (exact) mass is 324 g/mol. The van der Waals surface area contributed by atoms with Gasteiger partial charge >= 0.3 is 0 Å². The number of nitrogens with zero attached hydrogens (tertiary/aromatic N) is 2. The summed E-state index contributed by atoms with van der Waals surface area (Å²) < 4.78 is 11.0. The molecule has 0 unspecified atom stereocenters. The summed E-state index contributed by atoms with van der Waals surface area (Å²) in [4.78, 5) is 0.